The zero-order valence-corrected chi connectivity index (χ0v) is 15.6. The van der Waals surface area contributed by atoms with Gasteiger partial charge in [0.2, 0.25) is 5.91 Å². The SMILES string of the molecule is CCCCN(CC(=O)Nc1ncc(C)s1)C(=O)c1ccc(OC)cc1. The third-order valence-corrected chi connectivity index (χ3v) is 4.44. The van der Waals surface area contributed by atoms with Crippen molar-refractivity contribution in [3.8, 4) is 5.75 Å². The number of benzene rings is 1. The Hall–Kier alpha value is -2.41. The molecule has 0 aliphatic rings. The molecule has 6 nitrogen and oxygen atoms in total. The molecule has 25 heavy (non-hydrogen) atoms. The summed E-state index contributed by atoms with van der Waals surface area (Å²) in [5, 5.41) is 3.30. The highest BCUT2D eigenvalue weighted by molar-refractivity contribution is 7.15. The van der Waals surface area contributed by atoms with Gasteiger partial charge in [-0.2, -0.15) is 0 Å². The number of nitrogens with zero attached hydrogens (tertiary/aromatic N) is 2. The average molecular weight is 361 g/mol. The smallest absolute Gasteiger partial charge is 0.254 e. The van der Waals surface area contributed by atoms with Crippen molar-refractivity contribution in [2.75, 3.05) is 25.5 Å². The van der Waals surface area contributed by atoms with Crippen molar-refractivity contribution in [2.24, 2.45) is 0 Å². The quantitative estimate of drug-likeness (QED) is 0.783. The number of thiazole rings is 1. The molecule has 0 aliphatic carbocycles. The number of hydrogen-bond acceptors (Lipinski definition) is 5. The van der Waals surface area contributed by atoms with E-state index in [0.29, 0.717) is 23.0 Å². The molecule has 7 heteroatoms. The van der Waals surface area contributed by atoms with Crippen molar-refractivity contribution in [2.45, 2.75) is 26.7 Å². The van der Waals surface area contributed by atoms with Crippen LogP contribution in [-0.4, -0.2) is 41.9 Å². The zero-order chi connectivity index (χ0) is 18.2. The third kappa shape index (κ3) is 5.56. The molecule has 0 fully saturated rings. The maximum absolute atomic E-state index is 12.7. The number of aromatic nitrogens is 1. The maximum atomic E-state index is 12.7. The monoisotopic (exact) mass is 361 g/mol. The van der Waals surface area contributed by atoms with Gasteiger partial charge in [-0.15, -0.1) is 11.3 Å². The number of carbonyl (C=O) groups is 2. The molecule has 1 heterocycles. The van der Waals surface area contributed by atoms with Gasteiger partial charge < -0.3 is 15.0 Å². The van der Waals surface area contributed by atoms with Crippen LogP contribution in [0.4, 0.5) is 5.13 Å². The van der Waals surface area contributed by atoms with Crippen molar-refractivity contribution in [1.29, 1.82) is 0 Å². The van der Waals surface area contributed by atoms with Crippen molar-refractivity contribution < 1.29 is 14.3 Å². The molecule has 0 atom stereocenters. The molecule has 0 bridgehead atoms. The summed E-state index contributed by atoms with van der Waals surface area (Å²) in [6, 6.07) is 6.90. The van der Waals surface area contributed by atoms with Gasteiger partial charge in [0, 0.05) is 23.2 Å². The summed E-state index contributed by atoms with van der Waals surface area (Å²) in [4.78, 5) is 31.7. The van der Waals surface area contributed by atoms with E-state index in [1.807, 2.05) is 6.92 Å². The molecule has 0 saturated carbocycles. The van der Waals surface area contributed by atoms with E-state index in [9.17, 15) is 9.59 Å². The predicted molar refractivity (Wildman–Crippen MR) is 99.3 cm³/mol. The molecule has 0 saturated heterocycles. The van der Waals surface area contributed by atoms with Crippen molar-refractivity contribution >= 4 is 28.3 Å². The number of carbonyl (C=O) groups excluding carboxylic acids is 2. The summed E-state index contributed by atoms with van der Waals surface area (Å²) in [7, 11) is 1.58. The zero-order valence-electron chi connectivity index (χ0n) is 14.7. The molecular formula is C18H23N3O3S. The maximum Gasteiger partial charge on any atom is 0.254 e. The van der Waals surface area contributed by atoms with Crippen LogP contribution >= 0.6 is 11.3 Å². The van der Waals surface area contributed by atoms with E-state index in [1.54, 1.807) is 42.5 Å². The lowest BCUT2D eigenvalue weighted by molar-refractivity contribution is -0.116. The Morgan fingerprint density at radius 2 is 2.00 bits per heavy atom. The molecule has 1 aromatic carbocycles. The molecule has 134 valence electrons. The highest BCUT2D eigenvalue weighted by atomic mass is 32.1. The highest BCUT2D eigenvalue weighted by Crippen LogP contribution is 2.17. The second-order valence-electron chi connectivity index (χ2n) is 5.63. The minimum Gasteiger partial charge on any atom is -0.497 e. The Labute approximate surface area is 151 Å². The summed E-state index contributed by atoms with van der Waals surface area (Å²) >= 11 is 1.41. The molecule has 0 spiro atoms. The molecule has 1 aromatic heterocycles. The number of aryl methyl sites for hydroxylation is 1. The van der Waals surface area contributed by atoms with Gasteiger partial charge in [-0.25, -0.2) is 4.98 Å². The number of methoxy groups -OCH3 is 1. The van der Waals surface area contributed by atoms with E-state index in [0.717, 1.165) is 17.7 Å². The van der Waals surface area contributed by atoms with E-state index in [4.69, 9.17) is 4.74 Å². The van der Waals surface area contributed by atoms with E-state index in [1.165, 1.54) is 11.3 Å². The molecule has 1 N–H and O–H groups in total. The summed E-state index contributed by atoms with van der Waals surface area (Å²) in [6.45, 7) is 4.51. The molecule has 2 rings (SSSR count). The second-order valence-corrected chi connectivity index (χ2v) is 6.87. The fourth-order valence-corrected chi connectivity index (χ4v) is 2.94. The number of rotatable bonds is 8. The van der Waals surface area contributed by atoms with Gasteiger partial charge in [0.25, 0.3) is 5.91 Å². The molecular weight excluding hydrogens is 338 g/mol. The fourth-order valence-electron chi connectivity index (χ4n) is 2.26. The van der Waals surface area contributed by atoms with Crippen LogP contribution < -0.4 is 10.1 Å². The van der Waals surface area contributed by atoms with Gasteiger partial charge in [0.1, 0.15) is 12.3 Å². The van der Waals surface area contributed by atoms with Crippen molar-refractivity contribution in [3.63, 3.8) is 0 Å². The molecule has 0 radical (unpaired) electrons. The summed E-state index contributed by atoms with van der Waals surface area (Å²) in [6.07, 6.45) is 3.49. The van der Waals surface area contributed by atoms with Gasteiger partial charge in [0.15, 0.2) is 5.13 Å². The van der Waals surface area contributed by atoms with Crippen LogP contribution in [0.15, 0.2) is 30.5 Å². The van der Waals surface area contributed by atoms with Crippen molar-refractivity contribution in [3.05, 3.63) is 40.9 Å². The minimum atomic E-state index is -0.243. The summed E-state index contributed by atoms with van der Waals surface area (Å²) < 4.78 is 5.11. The van der Waals surface area contributed by atoms with E-state index >= 15 is 0 Å². The second kappa shape index (κ2) is 9.17. The van der Waals surface area contributed by atoms with E-state index in [2.05, 4.69) is 17.2 Å². The van der Waals surface area contributed by atoms with Crippen LogP contribution in [-0.2, 0) is 4.79 Å². The minimum absolute atomic E-state index is 0.00346. The first-order chi connectivity index (χ1) is 12.0. The standard InChI is InChI=1S/C18H23N3O3S/c1-4-5-10-21(12-16(22)20-18-19-11-13(2)25-18)17(23)14-6-8-15(24-3)9-7-14/h6-9,11H,4-5,10,12H2,1-3H3,(H,19,20,22). The largest absolute Gasteiger partial charge is 0.497 e. The van der Waals surface area contributed by atoms with Gasteiger partial charge in [-0.05, 0) is 37.6 Å². The Morgan fingerprint density at radius 3 is 2.56 bits per heavy atom. The first-order valence-corrected chi connectivity index (χ1v) is 9.00. The van der Waals surface area contributed by atoms with Crippen LogP contribution in [0.25, 0.3) is 0 Å². The number of nitrogens with one attached hydrogen (secondary N) is 1. The lowest BCUT2D eigenvalue weighted by atomic mass is 10.1. The molecule has 2 aromatic rings. The number of amides is 2. The van der Waals surface area contributed by atoms with E-state index in [-0.39, 0.29) is 18.4 Å². The Kier molecular flexibility index (Phi) is 6.94. The van der Waals surface area contributed by atoms with Gasteiger partial charge >= 0.3 is 0 Å². The van der Waals surface area contributed by atoms with E-state index < -0.39 is 0 Å². The van der Waals surface area contributed by atoms with Crippen LogP contribution in [0.1, 0.15) is 35.0 Å². The lowest BCUT2D eigenvalue weighted by Gasteiger charge is -2.22. The average Bonchev–Trinajstić information content (AvgIpc) is 3.02. The third-order valence-electron chi connectivity index (χ3n) is 3.61. The van der Waals surface area contributed by atoms with Crippen LogP contribution in [0.2, 0.25) is 0 Å². The number of anilines is 1. The molecule has 0 unspecified atom stereocenters. The first-order valence-electron chi connectivity index (χ1n) is 8.19. The number of unbranched alkanes of at least 4 members (excludes halogenated alkanes) is 1. The fraction of sp³-hybridized carbons (Fsp3) is 0.389. The lowest BCUT2D eigenvalue weighted by Crippen LogP contribution is -2.38. The van der Waals surface area contributed by atoms with Gasteiger partial charge in [-0.1, -0.05) is 13.3 Å². The number of ether oxygens (including phenoxy) is 1. The van der Waals surface area contributed by atoms with Crippen LogP contribution in [0.5, 0.6) is 5.75 Å². The Morgan fingerprint density at radius 1 is 1.28 bits per heavy atom. The predicted octanol–water partition coefficient (Wildman–Crippen LogP) is 3.34. The number of hydrogen-bond donors (Lipinski definition) is 1. The summed E-state index contributed by atoms with van der Waals surface area (Å²) in [5.41, 5.74) is 0.537. The van der Waals surface area contributed by atoms with Gasteiger partial charge in [-0.3, -0.25) is 9.59 Å². The van der Waals surface area contributed by atoms with Crippen molar-refractivity contribution in [1.82, 2.24) is 9.88 Å². The van der Waals surface area contributed by atoms with Crippen LogP contribution in [0, 0.1) is 6.92 Å². The van der Waals surface area contributed by atoms with Crippen LogP contribution in [0.3, 0.4) is 0 Å². The normalized spacial score (nSPS) is 10.4. The summed E-state index contributed by atoms with van der Waals surface area (Å²) in [5.74, 6) is 0.280. The topological polar surface area (TPSA) is 71.5 Å². The Balaban J connectivity index is 2.05. The first kappa shape index (κ1) is 18.9. The Bertz CT molecular complexity index is 713. The van der Waals surface area contributed by atoms with Gasteiger partial charge in [0.05, 0.1) is 7.11 Å². The molecule has 2 amide bonds. The molecule has 0 aliphatic heterocycles. The highest BCUT2D eigenvalue weighted by Gasteiger charge is 2.19.